The van der Waals surface area contributed by atoms with Crippen LogP contribution in [0.4, 0.5) is 23.2 Å². The first-order valence-corrected chi connectivity index (χ1v) is 32.7. The van der Waals surface area contributed by atoms with Crippen LogP contribution in [0.3, 0.4) is 0 Å². The molecule has 4 N–H and O–H groups in total. The number of anilines is 1. The summed E-state index contributed by atoms with van der Waals surface area (Å²) in [6.45, 7) is 10.5. The molecule has 2 fully saturated rings. The fourth-order valence-electron chi connectivity index (χ4n) is 13.9. The van der Waals surface area contributed by atoms with Crippen molar-refractivity contribution >= 4 is 44.0 Å². The summed E-state index contributed by atoms with van der Waals surface area (Å²) in [7, 11) is 6.17. The summed E-state index contributed by atoms with van der Waals surface area (Å²) < 4.78 is 59.4. The number of benzene rings is 5. The number of aromatic amines is 3. The number of H-pyrrole nitrogens is 3. The molecule has 0 spiro atoms. The maximum absolute atomic E-state index is 15.9. The van der Waals surface area contributed by atoms with Gasteiger partial charge in [0.1, 0.15) is 23.0 Å². The Balaban J connectivity index is 0.00000383. The number of alkyl halides is 2. The predicted molar refractivity (Wildman–Crippen MR) is 366 cm³/mol. The number of aromatic nitrogens is 8. The fourth-order valence-corrected chi connectivity index (χ4v) is 13.9. The molecule has 7 heterocycles. The van der Waals surface area contributed by atoms with Gasteiger partial charge in [-0.2, -0.15) is 9.89 Å². The Labute approximate surface area is 535 Å². The summed E-state index contributed by atoms with van der Waals surface area (Å²) in [4.78, 5) is 22.5. The SMILES string of the molecule is C=C(Nc1cncc(-c2ccc3c(c2)c(-c2cc4c([nH]2)CCC=C4c2cc(F)cc(CCCN(C)C)c2)nn3N(C)CCCc2cc(F)cc(-c3cccc4[nH]c(-c5n[nH]c6ccc(-c7cncc(CN8CCC(F)(F)C8)c7)cc56)cc34)c2)c1)C1CCCCC1.CC. The lowest BCUT2D eigenvalue weighted by molar-refractivity contribution is 0.0115. The largest absolute Gasteiger partial charge is 0.358 e. The van der Waals surface area contributed by atoms with Crippen LogP contribution < -0.4 is 10.3 Å². The molecule has 5 aromatic carbocycles. The van der Waals surface area contributed by atoms with Crippen LogP contribution in [0, 0.1) is 17.6 Å². The molecule has 16 heteroatoms. The molecule has 1 saturated carbocycles. The average Bonchev–Trinajstić information content (AvgIpc) is 1.61. The minimum atomic E-state index is -2.66. The third-order valence-electron chi connectivity index (χ3n) is 18.5. The molecule has 1 saturated heterocycles. The van der Waals surface area contributed by atoms with Crippen LogP contribution in [-0.4, -0.2) is 103 Å². The van der Waals surface area contributed by atoms with Gasteiger partial charge < -0.3 is 20.2 Å². The van der Waals surface area contributed by atoms with Gasteiger partial charge in [-0.05, 0) is 207 Å². The van der Waals surface area contributed by atoms with Gasteiger partial charge in [-0.3, -0.25) is 25.0 Å². The first kappa shape index (κ1) is 61.7. The van der Waals surface area contributed by atoms with E-state index in [1.807, 2.05) is 74.5 Å². The Morgan fingerprint density at radius 2 is 1.37 bits per heavy atom. The molecule has 3 aliphatic rings. The van der Waals surface area contributed by atoms with Gasteiger partial charge in [-0.25, -0.2) is 17.6 Å². The van der Waals surface area contributed by atoms with Crippen LogP contribution in [0.2, 0.25) is 0 Å². The minimum absolute atomic E-state index is 0.126. The molecule has 0 unspecified atom stereocenters. The number of allylic oxidation sites excluding steroid dienone is 2. The van der Waals surface area contributed by atoms with E-state index in [4.69, 9.17) is 15.2 Å². The highest BCUT2D eigenvalue weighted by Gasteiger charge is 2.38. The number of nitrogens with zero attached hydrogens (tertiary/aromatic N) is 8. The Morgan fingerprint density at radius 1 is 0.663 bits per heavy atom. The fraction of sp³-hybridized carbons (Fsp3) is 0.316. The number of hydrogen-bond acceptors (Lipinski definition) is 8. The number of likely N-dealkylation sites (tertiary alicyclic amines) is 1. The van der Waals surface area contributed by atoms with Crippen molar-refractivity contribution in [2.24, 2.45) is 5.92 Å². The first-order valence-electron chi connectivity index (χ1n) is 32.7. The second kappa shape index (κ2) is 26.6. The summed E-state index contributed by atoms with van der Waals surface area (Å²) in [6.07, 6.45) is 20.2. The molecule has 472 valence electrons. The molecule has 2 aliphatic carbocycles. The maximum atomic E-state index is 15.9. The van der Waals surface area contributed by atoms with Crippen LogP contribution in [0.1, 0.15) is 105 Å². The molecule has 92 heavy (non-hydrogen) atoms. The number of hydrogen-bond donors (Lipinski definition) is 4. The maximum Gasteiger partial charge on any atom is 0.261 e. The van der Waals surface area contributed by atoms with Gasteiger partial charge in [0.25, 0.3) is 5.92 Å². The van der Waals surface area contributed by atoms with E-state index in [0.717, 1.165) is 184 Å². The van der Waals surface area contributed by atoms with E-state index in [0.29, 0.717) is 38.4 Å². The first-order chi connectivity index (χ1) is 44.7. The zero-order valence-corrected chi connectivity index (χ0v) is 53.3. The van der Waals surface area contributed by atoms with Gasteiger partial charge in [0.15, 0.2) is 0 Å². The van der Waals surface area contributed by atoms with Gasteiger partial charge in [-0.15, -0.1) is 5.10 Å². The molecule has 14 rings (SSSR count). The standard InChI is InChI=1S/C74H74F4N12.C2H6/c1-46(50-14-6-5-7-15-50)81-59-35-56(42-80-43-59)52-21-23-71-65(37-52)73(70-39-63-61(17-9-19-67(63)83-70)53-28-47(31-57(75)33-53)12-10-25-87(2)3)86-90(71)88(4)26-11-13-48-29-54(34-58(76)32-48)60-16-8-18-66-62(60)38-69(82-66)72-64-36-51(20-22-68(64)84-85-72)55-30-49(40-79-41-55)44-89-27-24-74(77,78)45-89;1-2/h8,16-18,20-23,28-43,50,81-83H,1,5-7,9-15,19,24-27,44-45H2,2-4H3,(H,84,85);1-2H3. The number of rotatable bonds is 20. The molecular formula is C76H80F4N12. The van der Waals surface area contributed by atoms with Gasteiger partial charge in [0, 0.05) is 101 Å². The third-order valence-corrected chi connectivity index (χ3v) is 18.5. The van der Waals surface area contributed by atoms with Crippen molar-refractivity contribution in [3.8, 4) is 56.2 Å². The van der Waals surface area contributed by atoms with Crippen LogP contribution in [-0.2, 0) is 25.8 Å². The van der Waals surface area contributed by atoms with Crippen molar-refractivity contribution in [1.82, 2.24) is 49.8 Å². The number of aryl methyl sites for hydroxylation is 3. The van der Waals surface area contributed by atoms with E-state index in [-0.39, 0.29) is 24.6 Å². The minimum Gasteiger partial charge on any atom is -0.358 e. The number of fused-ring (bicyclic) bond motifs is 4. The second-order valence-electron chi connectivity index (χ2n) is 25.4. The highest BCUT2D eigenvalue weighted by Crippen LogP contribution is 2.41. The Bertz CT molecular complexity index is 4520. The van der Waals surface area contributed by atoms with E-state index < -0.39 is 5.92 Å². The van der Waals surface area contributed by atoms with Crippen LogP contribution in [0.25, 0.3) is 94.4 Å². The van der Waals surface area contributed by atoms with Gasteiger partial charge in [0.2, 0.25) is 0 Å². The molecule has 0 atom stereocenters. The highest BCUT2D eigenvalue weighted by molar-refractivity contribution is 6.02. The molecule has 0 bridgehead atoms. The van der Waals surface area contributed by atoms with Crippen molar-refractivity contribution in [1.29, 1.82) is 0 Å². The zero-order valence-electron chi connectivity index (χ0n) is 53.3. The molecule has 1 aliphatic heterocycles. The van der Waals surface area contributed by atoms with Crippen molar-refractivity contribution in [2.45, 2.75) is 103 Å². The van der Waals surface area contributed by atoms with Crippen molar-refractivity contribution in [3.63, 3.8) is 0 Å². The molecule has 0 radical (unpaired) electrons. The molecular weight excluding hydrogens is 1160 g/mol. The van der Waals surface area contributed by atoms with E-state index in [1.165, 1.54) is 19.3 Å². The highest BCUT2D eigenvalue weighted by atomic mass is 19.3. The van der Waals surface area contributed by atoms with Crippen molar-refractivity contribution in [2.75, 3.05) is 57.6 Å². The number of halogens is 4. The summed E-state index contributed by atoms with van der Waals surface area (Å²) in [5, 5.41) is 21.9. The third kappa shape index (κ3) is 13.3. The van der Waals surface area contributed by atoms with Crippen molar-refractivity contribution < 1.29 is 17.6 Å². The van der Waals surface area contributed by atoms with E-state index in [2.05, 4.69) is 117 Å². The topological polar surface area (TPSA) is 126 Å². The monoisotopic (exact) mass is 1240 g/mol. The molecule has 0 amide bonds. The molecule has 11 aromatic rings. The lowest BCUT2D eigenvalue weighted by Gasteiger charge is -2.24. The number of pyridine rings is 2. The Morgan fingerprint density at radius 3 is 2.14 bits per heavy atom. The summed E-state index contributed by atoms with van der Waals surface area (Å²) in [5.41, 5.74) is 20.2. The van der Waals surface area contributed by atoms with Gasteiger partial charge in [0.05, 0.1) is 40.9 Å². The normalized spacial score (nSPS) is 15.1. The molecule has 6 aromatic heterocycles. The smallest absolute Gasteiger partial charge is 0.261 e. The lowest BCUT2D eigenvalue weighted by Crippen LogP contribution is -2.32. The van der Waals surface area contributed by atoms with Crippen molar-refractivity contribution in [3.05, 3.63) is 204 Å². The summed E-state index contributed by atoms with van der Waals surface area (Å²) >= 11 is 0. The van der Waals surface area contributed by atoms with E-state index in [9.17, 15) is 8.78 Å². The second-order valence-corrected chi connectivity index (χ2v) is 25.4. The van der Waals surface area contributed by atoms with E-state index >= 15 is 8.78 Å². The summed E-state index contributed by atoms with van der Waals surface area (Å²) in [6, 6.07) is 37.9. The quantitative estimate of drug-likeness (QED) is 0.0556. The zero-order chi connectivity index (χ0) is 63.6. The van der Waals surface area contributed by atoms with Gasteiger partial charge in [-0.1, -0.05) is 82.2 Å². The van der Waals surface area contributed by atoms with Crippen LogP contribution >= 0.6 is 0 Å². The Kier molecular flexibility index (Phi) is 17.9. The van der Waals surface area contributed by atoms with E-state index in [1.54, 1.807) is 41.6 Å². The number of nitrogens with one attached hydrogen (secondary N) is 4. The lowest BCUT2D eigenvalue weighted by atomic mass is 9.87. The predicted octanol–water partition coefficient (Wildman–Crippen LogP) is 17.6. The molecule has 12 nitrogen and oxygen atoms in total. The van der Waals surface area contributed by atoms with Crippen LogP contribution in [0.15, 0.2) is 158 Å². The van der Waals surface area contributed by atoms with Gasteiger partial charge >= 0.3 is 0 Å². The summed E-state index contributed by atoms with van der Waals surface area (Å²) in [5.74, 6) is -2.74. The van der Waals surface area contributed by atoms with Crippen LogP contribution in [0.5, 0.6) is 0 Å². The Hall–Kier alpha value is -9.12. The average molecular weight is 1240 g/mol.